The van der Waals surface area contributed by atoms with E-state index >= 15 is 0 Å². The van der Waals surface area contributed by atoms with Gasteiger partial charge in [0.25, 0.3) is 5.56 Å². The Hall–Kier alpha value is -2.64. The topological polar surface area (TPSA) is 79.6 Å². The molecule has 0 spiro atoms. The van der Waals surface area contributed by atoms with Crippen molar-refractivity contribution < 1.29 is 0 Å². The quantitative estimate of drug-likeness (QED) is 0.714. The van der Waals surface area contributed by atoms with Gasteiger partial charge in [-0.3, -0.25) is 18.5 Å². The maximum Gasteiger partial charge on any atom is 0.332 e. The molecule has 8 nitrogen and oxygen atoms in total. The van der Waals surface area contributed by atoms with Crippen molar-refractivity contribution in [2.75, 3.05) is 0 Å². The van der Waals surface area contributed by atoms with E-state index in [1.807, 2.05) is 52.2 Å². The molecule has 0 N–H and O–H groups in total. The van der Waals surface area contributed by atoms with Crippen molar-refractivity contribution in [1.29, 1.82) is 0 Å². The highest BCUT2D eigenvalue weighted by Gasteiger charge is 2.24. The number of hydrogen-bond acceptors (Lipinski definition) is 4. The Morgan fingerprint density at radius 3 is 2.27 bits per heavy atom. The monoisotopic (exact) mass is 358 g/mol. The van der Waals surface area contributed by atoms with Gasteiger partial charge in [-0.2, -0.15) is 10.1 Å². The number of imidazole rings is 1. The van der Waals surface area contributed by atoms with E-state index in [2.05, 4.69) is 10.1 Å². The van der Waals surface area contributed by atoms with E-state index in [0.717, 1.165) is 11.4 Å². The Bertz CT molecular complexity index is 1090. The van der Waals surface area contributed by atoms with Crippen LogP contribution in [0.4, 0.5) is 0 Å². The standard InChI is InChI=1S/C18H26N6O2/c1-10(2)9-22-16(25)14-15(21(7)18(22)26)19-17(23(14)11(3)4)24-13(6)8-12(5)20-24/h8,10-11H,9H2,1-7H3. The molecule has 3 aromatic heterocycles. The Kier molecular flexibility index (Phi) is 4.37. The van der Waals surface area contributed by atoms with Crippen LogP contribution in [0, 0.1) is 19.8 Å². The maximum absolute atomic E-state index is 13.2. The van der Waals surface area contributed by atoms with Gasteiger partial charge in [0.15, 0.2) is 11.2 Å². The zero-order chi connectivity index (χ0) is 19.3. The summed E-state index contributed by atoms with van der Waals surface area (Å²) in [5.41, 5.74) is 1.97. The van der Waals surface area contributed by atoms with Crippen LogP contribution in [0.2, 0.25) is 0 Å². The minimum atomic E-state index is -0.343. The van der Waals surface area contributed by atoms with E-state index in [1.165, 1.54) is 9.13 Å². The molecule has 3 rings (SSSR count). The van der Waals surface area contributed by atoms with Gasteiger partial charge in [0.05, 0.1) is 5.69 Å². The van der Waals surface area contributed by atoms with Crippen LogP contribution >= 0.6 is 0 Å². The van der Waals surface area contributed by atoms with Gasteiger partial charge in [0, 0.05) is 25.3 Å². The van der Waals surface area contributed by atoms with Crippen LogP contribution in [0.15, 0.2) is 15.7 Å². The van der Waals surface area contributed by atoms with Crippen LogP contribution in [0.1, 0.15) is 45.1 Å². The van der Waals surface area contributed by atoms with Crippen molar-refractivity contribution in [1.82, 2.24) is 28.5 Å². The average molecular weight is 358 g/mol. The molecule has 140 valence electrons. The minimum absolute atomic E-state index is 0.0170. The third-order valence-electron chi connectivity index (χ3n) is 4.42. The first-order chi connectivity index (χ1) is 12.1. The largest absolute Gasteiger partial charge is 0.332 e. The minimum Gasteiger partial charge on any atom is -0.300 e. The number of aryl methyl sites for hydroxylation is 3. The van der Waals surface area contributed by atoms with Crippen LogP contribution < -0.4 is 11.2 Å². The van der Waals surface area contributed by atoms with Crippen LogP contribution in [0.25, 0.3) is 17.1 Å². The van der Waals surface area contributed by atoms with Crippen molar-refractivity contribution in [3.8, 4) is 5.95 Å². The summed E-state index contributed by atoms with van der Waals surface area (Å²) in [7, 11) is 1.66. The Morgan fingerprint density at radius 1 is 1.12 bits per heavy atom. The molecule has 3 aromatic rings. The number of aromatic nitrogens is 6. The van der Waals surface area contributed by atoms with E-state index in [0.29, 0.717) is 23.7 Å². The Morgan fingerprint density at radius 2 is 1.77 bits per heavy atom. The van der Waals surface area contributed by atoms with E-state index in [1.54, 1.807) is 11.7 Å². The van der Waals surface area contributed by atoms with Gasteiger partial charge >= 0.3 is 5.69 Å². The highest BCUT2D eigenvalue weighted by Crippen LogP contribution is 2.21. The van der Waals surface area contributed by atoms with Crippen molar-refractivity contribution in [2.45, 2.75) is 54.1 Å². The maximum atomic E-state index is 13.2. The summed E-state index contributed by atoms with van der Waals surface area (Å²) in [6.07, 6.45) is 0. The molecule has 0 amide bonds. The molecule has 0 aliphatic rings. The van der Waals surface area contributed by atoms with Crippen molar-refractivity contribution >= 4 is 11.2 Å². The smallest absolute Gasteiger partial charge is 0.300 e. The van der Waals surface area contributed by atoms with Crippen molar-refractivity contribution in [3.63, 3.8) is 0 Å². The predicted molar refractivity (Wildman–Crippen MR) is 101 cm³/mol. The van der Waals surface area contributed by atoms with Crippen LogP contribution in [-0.4, -0.2) is 28.5 Å². The first-order valence-corrected chi connectivity index (χ1v) is 8.88. The highest BCUT2D eigenvalue weighted by atomic mass is 16.2. The average Bonchev–Trinajstić information content (AvgIpc) is 3.09. The van der Waals surface area contributed by atoms with Gasteiger partial charge in [-0.05, 0) is 39.7 Å². The van der Waals surface area contributed by atoms with Gasteiger partial charge in [-0.25, -0.2) is 9.48 Å². The molecule has 0 aliphatic heterocycles. The van der Waals surface area contributed by atoms with E-state index in [4.69, 9.17) is 0 Å². The lowest BCUT2D eigenvalue weighted by atomic mass is 10.2. The van der Waals surface area contributed by atoms with E-state index in [9.17, 15) is 9.59 Å². The fourth-order valence-electron chi connectivity index (χ4n) is 3.32. The second-order valence-corrected chi connectivity index (χ2v) is 7.54. The summed E-state index contributed by atoms with van der Waals surface area (Å²) in [5.74, 6) is 0.735. The first-order valence-electron chi connectivity index (χ1n) is 8.88. The van der Waals surface area contributed by atoms with Gasteiger partial charge in [-0.15, -0.1) is 0 Å². The molecule has 8 heteroatoms. The fourth-order valence-corrected chi connectivity index (χ4v) is 3.32. The molecule has 26 heavy (non-hydrogen) atoms. The van der Waals surface area contributed by atoms with Gasteiger partial charge in [0.2, 0.25) is 5.95 Å². The van der Waals surface area contributed by atoms with Crippen LogP contribution in [-0.2, 0) is 13.6 Å². The summed E-state index contributed by atoms with van der Waals surface area (Å²) >= 11 is 0. The molecule has 0 atom stereocenters. The van der Waals surface area contributed by atoms with Gasteiger partial charge < -0.3 is 0 Å². The lowest BCUT2D eigenvalue weighted by molar-refractivity contribution is 0.482. The van der Waals surface area contributed by atoms with Crippen LogP contribution in [0.3, 0.4) is 0 Å². The third-order valence-corrected chi connectivity index (χ3v) is 4.42. The van der Waals surface area contributed by atoms with E-state index < -0.39 is 0 Å². The summed E-state index contributed by atoms with van der Waals surface area (Å²) in [4.78, 5) is 30.5. The number of rotatable bonds is 4. The molecule has 0 bridgehead atoms. The van der Waals surface area contributed by atoms with E-state index in [-0.39, 0.29) is 23.2 Å². The first kappa shape index (κ1) is 18.2. The molecule has 0 saturated carbocycles. The lowest BCUT2D eigenvalue weighted by Crippen LogP contribution is -2.40. The zero-order valence-electron chi connectivity index (χ0n) is 16.4. The Balaban J connectivity index is 2.47. The predicted octanol–water partition coefficient (Wildman–Crippen LogP) is 1.94. The molecule has 0 aliphatic carbocycles. The van der Waals surface area contributed by atoms with Crippen molar-refractivity contribution in [2.24, 2.45) is 13.0 Å². The second-order valence-electron chi connectivity index (χ2n) is 7.54. The molecule has 3 heterocycles. The summed E-state index contributed by atoms with van der Waals surface area (Å²) in [6, 6.07) is 1.94. The molecule has 0 aromatic carbocycles. The normalized spacial score (nSPS) is 12.0. The molecular weight excluding hydrogens is 332 g/mol. The van der Waals surface area contributed by atoms with Crippen molar-refractivity contribution in [3.05, 3.63) is 38.3 Å². The molecule has 0 saturated heterocycles. The van der Waals surface area contributed by atoms with Crippen LogP contribution in [0.5, 0.6) is 0 Å². The fraction of sp³-hybridized carbons (Fsp3) is 0.556. The zero-order valence-corrected chi connectivity index (χ0v) is 16.4. The molecule has 0 fully saturated rings. The lowest BCUT2D eigenvalue weighted by Gasteiger charge is -2.14. The molecular formula is C18H26N6O2. The number of nitrogens with zero attached hydrogens (tertiary/aromatic N) is 6. The second kappa shape index (κ2) is 6.26. The number of hydrogen-bond donors (Lipinski definition) is 0. The summed E-state index contributed by atoms with van der Waals surface area (Å²) in [5, 5.41) is 4.51. The highest BCUT2D eigenvalue weighted by molar-refractivity contribution is 5.73. The summed E-state index contributed by atoms with van der Waals surface area (Å²) in [6.45, 7) is 12.2. The SMILES string of the molecule is Cc1cc(C)n(-c2nc3c(c(=O)n(CC(C)C)c(=O)n3C)n2C(C)C)n1. The molecule has 0 radical (unpaired) electrons. The Labute approximate surface area is 151 Å². The van der Waals surface area contributed by atoms with Gasteiger partial charge in [0.1, 0.15) is 0 Å². The van der Waals surface area contributed by atoms with Gasteiger partial charge in [-0.1, -0.05) is 13.8 Å². The third kappa shape index (κ3) is 2.69. The molecule has 0 unspecified atom stereocenters. The summed E-state index contributed by atoms with van der Waals surface area (Å²) < 4.78 is 6.35. The number of fused-ring (bicyclic) bond motifs is 1.